The van der Waals surface area contributed by atoms with E-state index in [4.69, 9.17) is 9.57 Å². The van der Waals surface area contributed by atoms with E-state index in [9.17, 15) is 19.7 Å². The number of amides is 2. The number of rotatable bonds is 7. The van der Waals surface area contributed by atoms with Gasteiger partial charge in [0.15, 0.2) is 6.10 Å². The number of nitrogens with zero attached hydrogens (tertiary/aromatic N) is 3. The standard InChI is InChI=1S/C26H23N3O6/c1-2-16-34-21-14-12-18(13-15-21)27-25(30)22-23(17-8-10-20(11-9-17)29(32)33)28(35-24(22)26(27)31)19-6-4-3-5-7-19/h3-15,22-24H,2,16H2,1H3. The molecule has 0 spiro atoms. The number of para-hydroxylation sites is 1. The van der Waals surface area contributed by atoms with Crippen LogP contribution < -0.4 is 14.7 Å². The van der Waals surface area contributed by atoms with Gasteiger partial charge < -0.3 is 4.74 Å². The number of carbonyl (C=O) groups excluding carboxylic acids is 2. The number of hydroxylamine groups is 1. The summed E-state index contributed by atoms with van der Waals surface area (Å²) in [6.45, 7) is 2.58. The van der Waals surface area contributed by atoms with Crippen LogP contribution in [0.2, 0.25) is 0 Å². The lowest BCUT2D eigenvalue weighted by Gasteiger charge is -2.28. The normalized spacial score (nSPS) is 21.3. The largest absolute Gasteiger partial charge is 0.494 e. The molecule has 178 valence electrons. The Hall–Kier alpha value is -4.24. The Bertz CT molecular complexity index is 1250. The molecule has 3 aromatic carbocycles. The number of hydrogen-bond acceptors (Lipinski definition) is 7. The molecule has 2 saturated heterocycles. The minimum atomic E-state index is -1.01. The van der Waals surface area contributed by atoms with Gasteiger partial charge in [0.2, 0.25) is 5.91 Å². The quantitative estimate of drug-likeness (QED) is 0.284. The van der Waals surface area contributed by atoms with Gasteiger partial charge in [-0.05, 0) is 48.4 Å². The first kappa shape index (κ1) is 22.5. The monoisotopic (exact) mass is 473 g/mol. The van der Waals surface area contributed by atoms with Gasteiger partial charge in [0.25, 0.3) is 11.6 Å². The van der Waals surface area contributed by atoms with E-state index >= 15 is 0 Å². The molecule has 35 heavy (non-hydrogen) atoms. The van der Waals surface area contributed by atoms with Gasteiger partial charge in [-0.3, -0.25) is 24.5 Å². The van der Waals surface area contributed by atoms with E-state index in [-0.39, 0.29) is 11.6 Å². The van der Waals surface area contributed by atoms with Crippen LogP contribution in [-0.2, 0) is 14.4 Å². The number of ether oxygens (including phenoxy) is 1. The predicted octanol–water partition coefficient (Wildman–Crippen LogP) is 4.43. The van der Waals surface area contributed by atoms with E-state index in [2.05, 4.69) is 0 Å². The van der Waals surface area contributed by atoms with Gasteiger partial charge in [0.05, 0.1) is 28.9 Å². The van der Waals surface area contributed by atoms with Gasteiger partial charge in [-0.2, -0.15) is 0 Å². The lowest BCUT2D eigenvalue weighted by atomic mass is 9.90. The van der Waals surface area contributed by atoms with Crippen LogP contribution in [0.3, 0.4) is 0 Å². The molecule has 2 aliphatic rings. The molecule has 9 nitrogen and oxygen atoms in total. The van der Waals surface area contributed by atoms with Crippen LogP contribution in [-0.4, -0.2) is 29.4 Å². The van der Waals surface area contributed by atoms with E-state index in [1.165, 1.54) is 12.1 Å². The van der Waals surface area contributed by atoms with Crippen molar-refractivity contribution in [1.82, 2.24) is 0 Å². The van der Waals surface area contributed by atoms with Gasteiger partial charge in [0, 0.05) is 12.1 Å². The van der Waals surface area contributed by atoms with Gasteiger partial charge in [-0.25, -0.2) is 9.96 Å². The average molecular weight is 473 g/mol. The topological polar surface area (TPSA) is 102 Å². The number of hydrogen-bond donors (Lipinski definition) is 0. The molecule has 0 saturated carbocycles. The molecule has 9 heteroatoms. The van der Waals surface area contributed by atoms with Crippen LogP contribution in [0.5, 0.6) is 5.75 Å². The molecule has 2 amide bonds. The second-order valence-electron chi connectivity index (χ2n) is 8.36. The summed E-state index contributed by atoms with van der Waals surface area (Å²) in [5.41, 5.74) is 1.69. The molecule has 5 rings (SSSR count). The first-order valence-electron chi connectivity index (χ1n) is 11.4. The third kappa shape index (κ3) is 4.00. The summed E-state index contributed by atoms with van der Waals surface area (Å²) in [5.74, 6) is -0.998. The van der Waals surface area contributed by atoms with Crippen molar-refractivity contribution >= 4 is 28.9 Å². The van der Waals surface area contributed by atoms with E-state index in [1.807, 2.05) is 37.3 Å². The number of nitro benzene ring substituents is 1. The zero-order valence-corrected chi connectivity index (χ0v) is 18.9. The first-order valence-corrected chi connectivity index (χ1v) is 11.4. The Morgan fingerprint density at radius 1 is 0.914 bits per heavy atom. The molecule has 2 aliphatic heterocycles. The Morgan fingerprint density at radius 2 is 1.60 bits per heavy atom. The van der Waals surface area contributed by atoms with E-state index in [0.717, 1.165) is 11.3 Å². The number of anilines is 2. The van der Waals surface area contributed by atoms with Crippen molar-refractivity contribution in [3.05, 3.63) is 94.5 Å². The molecule has 2 fully saturated rings. The summed E-state index contributed by atoms with van der Waals surface area (Å²) < 4.78 is 5.60. The van der Waals surface area contributed by atoms with Crippen molar-refractivity contribution in [1.29, 1.82) is 0 Å². The highest BCUT2D eigenvalue weighted by atomic mass is 16.7. The number of carbonyl (C=O) groups is 2. The molecule has 0 bridgehead atoms. The molecular weight excluding hydrogens is 450 g/mol. The van der Waals surface area contributed by atoms with Crippen LogP contribution in [0.25, 0.3) is 0 Å². The van der Waals surface area contributed by atoms with Crippen molar-refractivity contribution < 1.29 is 24.1 Å². The van der Waals surface area contributed by atoms with Crippen molar-refractivity contribution in [2.75, 3.05) is 16.6 Å². The van der Waals surface area contributed by atoms with Crippen molar-refractivity contribution in [2.24, 2.45) is 5.92 Å². The fourth-order valence-corrected chi connectivity index (χ4v) is 4.51. The molecule has 0 N–H and O–H groups in total. The maximum Gasteiger partial charge on any atom is 0.269 e. The number of nitro groups is 1. The van der Waals surface area contributed by atoms with Gasteiger partial charge in [-0.1, -0.05) is 37.3 Å². The number of benzene rings is 3. The fraction of sp³-hybridized carbons (Fsp3) is 0.231. The minimum absolute atomic E-state index is 0.0590. The number of fused-ring (bicyclic) bond motifs is 1. The summed E-state index contributed by atoms with van der Waals surface area (Å²) in [5, 5.41) is 12.7. The Morgan fingerprint density at radius 3 is 2.23 bits per heavy atom. The summed E-state index contributed by atoms with van der Waals surface area (Å²) >= 11 is 0. The third-order valence-electron chi connectivity index (χ3n) is 6.14. The fourth-order valence-electron chi connectivity index (χ4n) is 4.51. The van der Waals surface area contributed by atoms with Crippen LogP contribution in [0.1, 0.15) is 24.9 Å². The third-order valence-corrected chi connectivity index (χ3v) is 6.14. The second-order valence-corrected chi connectivity index (χ2v) is 8.36. The molecule has 0 aliphatic carbocycles. The Kier molecular flexibility index (Phi) is 5.92. The molecular formula is C26H23N3O6. The Balaban J connectivity index is 1.50. The minimum Gasteiger partial charge on any atom is -0.494 e. The van der Waals surface area contributed by atoms with E-state index < -0.39 is 28.9 Å². The lowest BCUT2D eigenvalue weighted by Crippen LogP contribution is -2.37. The molecule has 3 atom stereocenters. The van der Waals surface area contributed by atoms with E-state index in [1.54, 1.807) is 41.5 Å². The summed E-state index contributed by atoms with van der Waals surface area (Å²) in [6, 6.07) is 21.3. The van der Waals surface area contributed by atoms with Crippen molar-refractivity contribution in [3.8, 4) is 5.75 Å². The molecule has 0 radical (unpaired) electrons. The SMILES string of the molecule is CCCOc1ccc(N2C(=O)C3ON(c4ccccc4)C(c4ccc([N+](=O)[O-])cc4)C3C2=O)cc1. The van der Waals surface area contributed by atoms with E-state index in [0.29, 0.717) is 29.3 Å². The van der Waals surface area contributed by atoms with Crippen LogP contribution in [0.15, 0.2) is 78.9 Å². The van der Waals surface area contributed by atoms with Crippen LogP contribution >= 0.6 is 0 Å². The second kappa shape index (κ2) is 9.19. The highest BCUT2D eigenvalue weighted by Crippen LogP contribution is 2.47. The number of non-ortho nitro benzene ring substituents is 1. The highest BCUT2D eigenvalue weighted by molar-refractivity contribution is 6.23. The molecule has 0 aromatic heterocycles. The zero-order valence-electron chi connectivity index (χ0n) is 18.9. The van der Waals surface area contributed by atoms with Crippen LogP contribution in [0.4, 0.5) is 17.1 Å². The summed E-state index contributed by atoms with van der Waals surface area (Å²) in [6.07, 6.45) is -0.146. The molecule has 3 unspecified atom stereocenters. The Labute approximate surface area is 201 Å². The van der Waals surface area contributed by atoms with Gasteiger partial charge in [-0.15, -0.1) is 0 Å². The lowest BCUT2D eigenvalue weighted by molar-refractivity contribution is -0.384. The predicted molar refractivity (Wildman–Crippen MR) is 128 cm³/mol. The maximum atomic E-state index is 13.6. The van der Waals surface area contributed by atoms with Crippen LogP contribution in [0, 0.1) is 16.0 Å². The van der Waals surface area contributed by atoms with Gasteiger partial charge in [0.1, 0.15) is 11.7 Å². The summed E-state index contributed by atoms with van der Waals surface area (Å²) in [4.78, 5) is 44.9. The maximum absolute atomic E-state index is 13.6. The average Bonchev–Trinajstić information content (AvgIpc) is 3.39. The number of imide groups is 1. The van der Waals surface area contributed by atoms with Crippen molar-refractivity contribution in [2.45, 2.75) is 25.5 Å². The smallest absolute Gasteiger partial charge is 0.269 e. The first-order chi connectivity index (χ1) is 17.0. The highest BCUT2D eigenvalue weighted by Gasteiger charge is 2.60. The van der Waals surface area contributed by atoms with Gasteiger partial charge >= 0.3 is 0 Å². The molecule has 3 aromatic rings. The summed E-state index contributed by atoms with van der Waals surface area (Å²) in [7, 11) is 0. The molecule has 2 heterocycles. The zero-order chi connectivity index (χ0) is 24.5. The van der Waals surface area contributed by atoms with Crippen molar-refractivity contribution in [3.63, 3.8) is 0 Å².